The molecule has 7 nitrogen and oxygen atoms in total. The highest BCUT2D eigenvalue weighted by atomic mass is 16.5. The number of hydrogen-bond donors (Lipinski definition) is 2. The highest BCUT2D eigenvalue weighted by molar-refractivity contribution is 5.86. The molecule has 0 aromatic heterocycles. The molecular weight excluding hydrogens is 336 g/mol. The Balaban J connectivity index is 1.83. The summed E-state index contributed by atoms with van der Waals surface area (Å²) in [5.74, 6) is 1.20. The number of rotatable bonds is 9. The van der Waals surface area contributed by atoms with E-state index in [0.29, 0.717) is 30.3 Å². The van der Waals surface area contributed by atoms with E-state index in [4.69, 9.17) is 14.2 Å². The Bertz CT molecular complexity index is 744. The summed E-state index contributed by atoms with van der Waals surface area (Å²) in [4.78, 5) is 11.8. The minimum atomic E-state index is -0.421. The van der Waals surface area contributed by atoms with Crippen molar-refractivity contribution in [3.8, 4) is 23.0 Å². The van der Waals surface area contributed by atoms with Gasteiger partial charge in [-0.1, -0.05) is 6.07 Å². The van der Waals surface area contributed by atoms with Gasteiger partial charge in [0.25, 0.3) is 5.91 Å². The molecule has 2 N–H and O–H groups in total. The molecule has 7 heteroatoms. The van der Waals surface area contributed by atoms with Gasteiger partial charge in [0, 0.05) is 5.56 Å². The Kier molecular flexibility index (Phi) is 7.30. The number of nitrogens with zero attached hydrogens (tertiary/aromatic N) is 1. The van der Waals surface area contributed by atoms with Gasteiger partial charge in [-0.15, -0.1) is 0 Å². The maximum Gasteiger partial charge on any atom is 0.277 e. The zero-order valence-corrected chi connectivity index (χ0v) is 14.8. The molecule has 0 radical (unpaired) electrons. The molecule has 0 saturated carbocycles. The van der Waals surface area contributed by atoms with Crippen molar-refractivity contribution in [3.63, 3.8) is 0 Å². The standard InChI is InChI=1S/C19H22N2O5/c1-3-24-15-8-10-16(11-9-15)26-13-18(22)21-20-12-14-6-5-7-17(19(14)23)25-4-2/h5-12,23H,3-4,13H2,1-2H3,(H,21,22)/b20-12-. The number of phenols is 1. The van der Waals surface area contributed by atoms with E-state index in [2.05, 4.69) is 10.5 Å². The average molecular weight is 358 g/mol. The molecule has 0 spiro atoms. The van der Waals surface area contributed by atoms with Gasteiger partial charge in [-0.3, -0.25) is 4.79 Å². The average Bonchev–Trinajstić information content (AvgIpc) is 2.64. The second-order valence-corrected chi connectivity index (χ2v) is 5.11. The molecule has 0 bridgehead atoms. The van der Waals surface area contributed by atoms with Crippen molar-refractivity contribution in [2.75, 3.05) is 19.8 Å². The number of carbonyl (C=O) groups is 1. The van der Waals surface area contributed by atoms with Gasteiger partial charge < -0.3 is 19.3 Å². The molecule has 26 heavy (non-hydrogen) atoms. The number of nitrogens with one attached hydrogen (secondary N) is 1. The Morgan fingerprint density at radius 3 is 2.35 bits per heavy atom. The van der Waals surface area contributed by atoms with Gasteiger partial charge in [0.2, 0.25) is 0 Å². The van der Waals surface area contributed by atoms with Gasteiger partial charge in [0.15, 0.2) is 18.1 Å². The van der Waals surface area contributed by atoms with E-state index in [1.165, 1.54) is 6.21 Å². The van der Waals surface area contributed by atoms with Crippen LogP contribution in [0.5, 0.6) is 23.0 Å². The lowest BCUT2D eigenvalue weighted by molar-refractivity contribution is -0.123. The van der Waals surface area contributed by atoms with Crippen molar-refractivity contribution in [3.05, 3.63) is 48.0 Å². The fraction of sp³-hybridized carbons (Fsp3) is 0.263. The number of benzene rings is 2. The third kappa shape index (κ3) is 5.70. The molecule has 0 aliphatic carbocycles. The van der Waals surface area contributed by atoms with Crippen molar-refractivity contribution in [2.24, 2.45) is 5.10 Å². The lowest BCUT2D eigenvalue weighted by Crippen LogP contribution is -2.24. The van der Waals surface area contributed by atoms with E-state index in [9.17, 15) is 9.90 Å². The van der Waals surface area contributed by atoms with Gasteiger partial charge in [-0.25, -0.2) is 5.43 Å². The molecule has 2 aromatic carbocycles. The van der Waals surface area contributed by atoms with Crippen LogP contribution in [-0.2, 0) is 4.79 Å². The maximum absolute atomic E-state index is 11.8. The maximum atomic E-state index is 11.8. The van der Waals surface area contributed by atoms with E-state index in [1.54, 1.807) is 42.5 Å². The van der Waals surface area contributed by atoms with Gasteiger partial charge >= 0.3 is 0 Å². The largest absolute Gasteiger partial charge is 0.504 e. The Labute approximate surface area is 152 Å². The lowest BCUT2D eigenvalue weighted by Gasteiger charge is -2.08. The fourth-order valence-corrected chi connectivity index (χ4v) is 2.07. The molecule has 0 aliphatic rings. The molecule has 1 amide bonds. The molecule has 0 saturated heterocycles. The number of phenolic OH excluding ortho intramolecular Hbond substituents is 1. The number of hydrogen-bond acceptors (Lipinski definition) is 6. The minimum absolute atomic E-state index is 0.0296. The van der Waals surface area contributed by atoms with Gasteiger partial charge in [-0.05, 0) is 50.2 Å². The summed E-state index contributed by atoms with van der Waals surface area (Å²) in [7, 11) is 0. The zero-order chi connectivity index (χ0) is 18.8. The van der Waals surface area contributed by atoms with Crippen LogP contribution in [0.2, 0.25) is 0 Å². The Morgan fingerprint density at radius 2 is 1.69 bits per heavy atom. The SMILES string of the molecule is CCOc1ccc(OCC(=O)N/N=C\c2cccc(OCC)c2O)cc1. The predicted molar refractivity (Wildman–Crippen MR) is 98.1 cm³/mol. The van der Waals surface area contributed by atoms with Crippen LogP contribution >= 0.6 is 0 Å². The summed E-state index contributed by atoms with van der Waals surface area (Å²) in [6, 6.07) is 12.0. The first-order chi connectivity index (χ1) is 12.6. The van der Waals surface area contributed by atoms with Gasteiger partial charge in [0.05, 0.1) is 19.4 Å². The molecule has 0 heterocycles. The van der Waals surface area contributed by atoms with Crippen LogP contribution in [-0.4, -0.2) is 37.0 Å². The summed E-state index contributed by atoms with van der Waals surface area (Å²) >= 11 is 0. The molecule has 138 valence electrons. The molecule has 0 fully saturated rings. The number of para-hydroxylation sites is 1. The third-order valence-electron chi connectivity index (χ3n) is 3.23. The van der Waals surface area contributed by atoms with Crippen LogP contribution in [0.1, 0.15) is 19.4 Å². The molecule has 0 unspecified atom stereocenters. The summed E-state index contributed by atoms with van der Waals surface area (Å²) < 4.78 is 16.0. The van der Waals surface area contributed by atoms with E-state index in [-0.39, 0.29) is 12.4 Å². The molecule has 0 atom stereocenters. The number of ether oxygens (including phenoxy) is 3. The first-order valence-electron chi connectivity index (χ1n) is 8.26. The lowest BCUT2D eigenvalue weighted by atomic mass is 10.2. The Morgan fingerprint density at radius 1 is 1.04 bits per heavy atom. The number of hydrazone groups is 1. The fourth-order valence-electron chi connectivity index (χ4n) is 2.07. The first-order valence-corrected chi connectivity index (χ1v) is 8.26. The van der Waals surface area contributed by atoms with Crippen molar-refractivity contribution in [1.82, 2.24) is 5.43 Å². The van der Waals surface area contributed by atoms with Crippen LogP contribution in [0.4, 0.5) is 0 Å². The van der Waals surface area contributed by atoms with Crippen LogP contribution in [0, 0.1) is 0 Å². The van der Waals surface area contributed by atoms with Gasteiger partial charge in [-0.2, -0.15) is 5.10 Å². The highest BCUT2D eigenvalue weighted by Crippen LogP contribution is 2.28. The van der Waals surface area contributed by atoms with Crippen LogP contribution in [0.15, 0.2) is 47.6 Å². The molecular formula is C19H22N2O5. The predicted octanol–water partition coefficient (Wildman–Crippen LogP) is 2.72. The molecule has 2 rings (SSSR count). The second-order valence-electron chi connectivity index (χ2n) is 5.11. The summed E-state index contributed by atoms with van der Waals surface area (Å²) in [5.41, 5.74) is 2.77. The normalized spacial score (nSPS) is 10.5. The van der Waals surface area contributed by atoms with Crippen molar-refractivity contribution in [2.45, 2.75) is 13.8 Å². The Hall–Kier alpha value is -3.22. The highest BCUT2D eigenvalue weighted by Gasteiger charge is 2.06. The minimum Gasteiger partial charge on any atom is -0.504 e. The van der Waals surface area contributed by atoms with Gasteiger partial charge in [0.1, 0.15) is 11.5 Å². The number of amides is 1. The van der Waals surface area contributed by atoms with E-state index in [0.717, 1.165) is 5.75 Å². The van der Waals surface area contributed by atoms with E-state index < -0.39 is 5.91 Å². The summed E-state index contributed by atoms with van der Waals surface area (Å²) in [5, 5.41) is 13.8. The number of carbonyl (C=O) groups excluding carboxylic acids is 1. The summed E-state index contributed by atoms with van der Waals surface area (Å²) in [6.45, 7) is 4.57. The second kappa shape index (κ2) is 9.93. The van der Waals surface area contributed by atoms with Crippen LogP contribution in [0.3, 0.4) is 0 Å². The van der Waals surface area contributed by atoms with E-state index in [1.807, 2.05) is 13.8 Å². The summed E-state index contributed by atoms with van der Waals surface area (Å²) in [6.07, 6.45) is 1.34. The monoisotopic (exact) mass is 358 g/mol. The topological polar surface area (TPSA) is 89.4 Å². The smallest absolute Gasteiger partial charge is 0.277 e. The third-order valence-corrected chi connectivity index (χ3v) is 3.23. The van der Waals surface area contributed by atoms with Crippen LogP contribution < -0.4 is 19.6 Å². The first kappa shape index (κ1) is 19.1. The van der Waals surface area contributed by atoms with Crippen molar-refractivity contribution >= 4 is 12.1 Å². The molecule has 0 aliphatic heterocycles. The molecule has 2 aromatic rings. The number of aromatic hydroxyl groups is 1. The zero-order valence-electron chi connectivity index (χ0n) is 14.8. The van der Waals surface area contributed by atoms with Crippen LogP contribution in [0.25, 0.3) is 0 Å². The van der Waals surface area contributed by atoms with Crippen molar-refractivity contribution in [1.29, 1.82) is 0 Å². The quantitative estimate of drug-likeness (QED) is 0.531. The van der Waals surface area contributed by atoms with Crippen molar-refractivity contribution < 1.29 is 24.1 Å². The van der Waals surface area contributed by atoms with E-state index >= 15 is 0 Å².